The minimum absolute atomic E-state index is 0.0956. The number of nitro groups is 1. The van der Waals surface area contributed by atoms with E-state index in [2.05, 4.69) is 0 Å². The first-order valence-electron chi connectivity index (χ1n) is 5.65. The van der Waals surface area contributed by atoms with Crippen molar-refractivity contribution in [2.24, 2.45) is 0 Å². The molecule has 1 heterocycles. The third-order valence-electron chi connectivity index (χ3n) is 3.01. The average Bonchev–Trinajstić information content (AvgIpc) is 2.29. The molecule has 0 unspecified atom stereocenters. The van der Waals surface area contributed by atoms with Gasteiger partial charge >= 0.3 is 0 Å². The number of hydrogen-bond acceptors (Lipinski definition) is 3. The predicted octanol–water partition coefficient (Wildman–Crippen LogP) is 2.42. The maximum atomic E-state index is 11.7. The average molecular weight is 234 g/mol. The monoisotopic (exact) mass is 234 g/mol. The first-order valence-corrected chi connectivity index (χ1v) is 5.65. The van der Waals surface area contributed by atoms with Gasteiger partial charge in [-0.25, -0.2) is 0 Å². The summed E-state index contributed by atoms with van der Waals surface area (Å²) in [7, 11) is 0. The smallest absolute Gasteiger partial charge is 0.272 e. The zero-order valence-corrected chi connectivity index (χ0v) is 9.68. The van der Waals surface area contributed by atoms with Crippen molar-refractivity contribution >= 4 is 17.3 Å². The van der Waals surface area contributed by atoms with E-state index in [9.17, 15) is 14.9 Å². The maximum absolute atomic E-state index is 11.7. The molecule has 0 aliphatic carbocycles. The van der Waals surface area contributed by atoms with Crippen LogP contribution in [0.15, 0.2) is 18.2 Å². The van der Waals surface area contributed by atoms with Crippen LogP contribution in [0.5, 0.6) is 0 Å². The Kier molecular flexibility index (Phi) is 3.08. The lowest BCUT2D eigenvalue weighted by Crippen LogP contribution is -2.35. The lowest BCUT2D eigenvalue weighted by Gasteiger charge is -2.26. The van der Waals surface area contributed by atoms with Gasteiger partial charge < -0.3 is 4.90 Å². The SMILES string of the molecule is Cc1cc(N2CCCCC2=O)ccc1[N+](=O)[O-]. The van der Waals surface area contributed by atoms with Crippen LogP contribution < -0.4 is 4.90 Å². The van der Waals surface area contributed by atoms with Crippen molar-refractivity contribution in [1.29, 1.82) is 0 Å². The second-order valence-electron chi connectivity index (χ2n) is 4.23. The molecule has 5 nitrogen and oxygen atoms in total. The van der Waals surface area contributed by atoms with E-state index >= 15 is 0 Å². The summed E-state index contributed by atoms with van der Waals surface area (Å²) in [6.45, 7) is 2.39. The third kappa shape index (κ3) is 2.27. The molecule has 2 rings (SSSR count). The molecule has 17 heavy (non-hydrogen) atoms. The lowest BCUT2D eigenvalue weighted by atomic mass is 10.1. The number of benzene rings is 1. The normalized spacial score (nSPS) is 16.1. The molecular formula is C12H14N2O3. The zero-order valence-electron chi connectivity index (χ0n) is 9.68. The largest absolute Gasteiger partial charge is 0.312 e. The van der Waals surface area contributed by atoms with Crippen molar-refractivity contribution in [3.05, 3.63) is 33.9 Å². The van der Waals surface area contributed by atoms with E-state index in [4.69, 9.17) is 0 Å². The molecule has 1 aliphatic rings. The van der Waals surface area contributed by atoms with E-state index < -0.39 is 4.92 Å². The van der Waals surface area contributed by atoms with Crippen LogP contribution in [0.4, 0.5) is 11.4 Å². The van der Waals surface area contributed by atoms with Crippen LogP contribution in [0.1, 0.15) is 24.8 Å². The van der Waals surface area contributed by atoms with Gasteiger partial charge in [0.15, 0.2) is 0 Å². The van der Waals surface area contributed by atoms with Gasteiger partial charge in [0.2, 0.25) is 5.91 Å². The van der Waals surface area contributed by atoms with Crippen LogP contribution in [0.2, 0.25) is 0 Å². The molecule has 90 valence electrons. The number of nitro benzene ring substituents is 1. The molecule has 0 spiro atoms. The topological polar surface area (TPSA) is 63.5 Å². The summed E-state index contributed by atoms with van der Waals surface area (Å²) in [5.41, 5.74) is 1.45. The number of aryl methyl sites for hydroxylation is 1. The Morgan fingerprint density at radius 1 is 1.35 bits per heavy atom. The Bertz CT molecular complexity index is 471. The van der Waals surface area contributed by atoms with E-state index in [1.54, 1.807) is 24.0 Å². The Morgan fingerprint density at radius 3 is 2.71 bits per heavy atom. The highest BCUT2D eigenvalue weighted by molar-refractivity contribution is 5.94. The van der Waals surface area contributed by atoms with Gasteiger partial charge in [0.1, 0.15) is 0 Å². The molecule has 1 aromatic carbocycles. The number of rotatable bonds is 2. The summed E-state index contributed by atoms with van der Waals surface area (Å²) in [6.07, 6.45) is 2.49. The number of anilines is 1. The Labute approximate surface area is 99.2 Å². The molecule has 1 aromatic rings. The first kappa shape index (κ1) is 11.6. The molecule has 0 atom stereocenters. The van der Waals surface area contributed by atoms with Crippen molar-refractivity contribution in [2.75, 3.05) is 11.4 Å². The molecule has 1 amide bonds. The minimum Gasteiger partial charge on any atom is -0.312 e. The highest BCUT2D eigenvalue weighted by atomic mass is 16.6. The van der Waals surface area contributed by atoms with Crippen molar-refractivity contribution in [3.8, 4) is 0 Å². The van der Waals surface area contributed by atoms with E-state index in [0.29, 0.717) is 18.5 Å². The standard InChI is InChI=1S/C12H14N2O3/c1-9-8-10(5-6-11(9)14(16)17)13-7-3-2-4-12(13)15/h5-6,8H,2-4,7H2,1H3. The Balaban J connectivity index is 2.30. The second-order valence-corrected chi connectivity index (χ2v) is 4.23. The minimum atomic E-state index is -0.406. The third-order valence-corrected chi connectivity index (χ3v) is 3.01. The van der Waals surface area contributed by atoms with E-state index in [0.717, 1.165) is 18.5 Å². The van der Waals surface area contributed by atoms with Gasteiger partial charge in [-0.1, -0.05) is 0 Å². The fourth-order valence-electron chi connectivity index (χ4n) is 2.09. The molecule has 1 fully saturated rings. The molecule has 0 saturated carbocycles. The summed E-state index contributed by atoms with van der Waals surface area (Å²) in [6, 6.07) is 4.82. The number of carbonyl (C=O) groups is 1. The number of nitrogens with zero attached hydrogens (tertiary/aromatic N) is 2. The molecular weight excluding hydrogens is 220 g/mol. The summed E-state index contributed by atoms with van der Waals surface area (Å²) in [5, 5.41) is 10.7. The highest BCUT2D eigenvalue weighted by Crippen LogP contribution is 2.26. The number of amides is 1. The second kappa shape index (κ2) is 4.53. The zero-order chi connectivity index (χ0) is 12.4. The van der Waals surface area contributed by atoms with Crippen molar-refractivity contribution in [1.82, 2.24) is 0 Å². The van der Waals surface area contributed by atoms with Gasteiger partial charge in [0.05, 0.1) is 4.92 Å². The fraction of sp³-hybridized carbons (Fsp3) is 0.417. The maximum Gasteiger partial charge on any atom is 0.272 e. The van der Waals surface area contributed by atoms with Gasteiger partial charge in [-0.05, 0) is 31.9 Å². The van der Waals surface area contributed by atoms with Gasteiger partial charge in [0, 0.05) is 30.3 Å². The van der Waals surface area contributed by atoms with E-state index in [1.807, 2.05) is 0 Å². The highest BCUT2D eigenvalue weighted by Gasteiger charge is 2.21. The number of carbonyl (C=O) groups excluding carboxylic acids is 1. The van der Waals surface area contributed by atoms with Gasteiger partial charge in [0.25, 0.3) is 5.69 Å². The van der Waals surface area contributed by atoms with Crippen molar-refractivity contribution in [3.63, 3.8) is 0 Å². The summed E-state index contributed by atoms with van der Waals surface area (Å²) >= 11 is 0. The van der Waals surface area contributed by atoms with Crippen LogP contribution in [-0.2, 0) is 4.79 Å². The Hall–Kier alpha value is -1.91. The molecule has 0 N–H and O–H groups in total. The van der Waals surface area contributed by atoms with E-state index in [-0.39, 0.29) is 11.6 Å². The van der Waals surface area contributed by atoms with Crippen molar-refractivity contribution in [2.45, 2.75) is 26.2 Å². The molecule has 0 radical (unpaired) electrons. The lowest BCUT2D eigenvalue weighted by molar-refractivity contribution is -0.385. The summed E-state index contributed by atoms with van der Waals surface area (Å²) in [5.74, 6) is 0.101. The summed E-state index contributed by atoms with van der Waals surface area (Å²) in [4.78, 5) is 23.7. The molecule has 0 bridgehead atoms. The molecule has 5 heteroatoms. The fourth-order valence-corrected chi connectivity index (χ4v) is 2.09. The van der Waals surface area contributed by atoms with Crippen LogP contribution in [0.3, 0.4) is 0 Å². The van der Waals surface area contributed by atoms with Crippen LogP contribution in [0.25, 0.3) is 0 Å². The van der Waals surface area contributed by atoms with Crippen LogP contribution >= 0.6 is 0 Å². The van der Waals surface area contributed by atoms with Gasteiger partial charge in [-0.2, -0.15) is 0 Å². The predicted molar refractivity (Wildman–Crippen MR) is 64.0 cm³/mol. The number of piperidine rings is 1. The van der Waals surface area contributed by atoms with E-state index in [1.165, 1.54) is 6.07 Å². The molecule has 0 aromatic heterocycles. The molecule has 1 saturated heterocycles. The van der Waals surface area contributed by atoms with Crippen LogP contribution in [0, 0.1) is 17.0 Å². The first-order chi connectivity index (χ1) is 8.09. The Morgan fingerprint density at radius 2 is 2.12 bits per heavy atom. The van der Waals surface area contributed by atoms with Crippen LogP contribution in [-0.4, -0.2) is 17.4 Å². The van der Waals surface area contributed by atoms with Gasteiger partial charge in [-0.15, -0.1) is 0 Å². The quantitative estimate of drug-likeness (QED) is 0.583. The summed E-state index contributed by atoms with van der Waals surface area (Å²) < 4.78 is 0. The molecule has 1 aliphatic heterocycles. The number of hydrogen-bond donors (Lipinski definition) is 0. The van der Waals surface area contributed by atoms with Crippen molar-refractivity contribution < 1.29 is 9.72 Å². The van der Waals surface area contributed by atoms with Gasteiger partial charge in [-0.3, -0.25) is 14.9 Å².